The Hall–Kier alpha value is -2.86. The molecule has 1 fully saturated rings. The van der Waals surface area contributed by atoms with Crippen molar-refractivity contribution < 1.29 is 36.9 Å². The monoisotopic (exact) mass is 536 g/mol. The Balaban J connectivity index is 1.42. The predicted molar refractivity (Wildman–Crippen MR) is 138 cm³/mol. The van der Waals surface area contributed by atoms with Crippen LogP contribution in [-0.4, -0.2) is 67.3 Å². The number of hydrogen-bond donors (Lipinski definition) is 2. The molecule has 1 amide bonds. The highest BCUT2D eigenvalue weighted by Gasteiger charge is 2.18. The third kappa shape index (κ3) is 11.0. The topological polar surface area (TPSA) is 121 Å². The molecule has 10 nitrogen and oxygen atoms in total. The zero-order chi connectivity index (χ0) is 26.3. The fraction of sp³-hybridized carbons (Fsp3) is 0.500. The number of benzene rings is 2. The van der Waals surface area contributed by atoms with Crippen LogP contribution in [0.2, 0.25) is 0 Å². The summed E-state index contributed by atoms with van der Waals surface area (Å²) in [6.07, 6.45) is 2.59. The molecule has 3 rings (SSSR count). The summed E-state index contributed by atoms with van der Waals surface area (Å²) in [6, 6.07) is 15.0. The van der Waals surface area contributed by atoms with E-state index in [1.54, 1.807) is 7.11 Å². The number of amides is 1. The molecule has 1 aliphatic rings. The van der Waals surface area contributed by atoms with Crippen LogP contribution in [0, 0.1) is 0 Å². The van der Waals surface area contributed by atoms with Gasteiger partial charge in [0.05, 0.1) is 19.3 Å². The SMILES string of the molecule is COCCOc1ccc(CCCOC(=O)NS(=O)(=O)NCCc2ccccc2)c(OCC2CCCO2)c1. The second kappa shape index (κ2) is 15.4. The number of carbonyl (C=O) groups excluding carboxylic acids is 1. The Morgan fingerprint density at radius 3 is 2.65 bits per heavy atom. The maximum atomic E-state index is 12.1. The fourth-order valence-corrected chi connectivity index (χ4v) is 4.47. The molecule has 2 aromatic rings. The van der Waals surface area contributed by atoms with Crippen molar-refractivity contribution in [3.63, 3.8) is 0 Å². The van der Waals surface area contributed by atoms with Gasteiger partial charge in [0.15, 0.2) is 0 Å². The maximum Gasteiger partial charge on any atom is 0.421 e. The van der Waals surface area contributed by atoms with Crippen LogP contribution in [0.5, 0.6) is 11.5 Å². The van der Waals surface area contributed by atoms with Gasteiger partial charge >= 0.3 is 16.3 Å². The molecule has 11 heteroatoms. The van der Waals surface area contributed by atoms with Crippen molar-refractivity contribution in [2.24, 2.45) is 0 Å². The fourth-order valence-electron chi connectivity index (χ4n) is 3.74. The minimum atomic E-state index is -4.01. The van der Waals surface area contributed by atoms with E-state index >= 15 is 0 Å². The van der Waals surface area contributed by atoms with Gasteiger partial charge in [-0.15, -0.1) is 0 Å². The summed E-state index contributed by atoms with van der Waals surface area (Å²) in [5.74, 6) is 1.35. The lowest BCUT2D eigenvalue weighted by Gasteiger charge is -2.16. The first-order valence-electron chi connectivity index (χ1n) is 12.4. The van der Waals surface area contributed by atoms with Crippen molar-refractivity contribution in [3.05, 3.63) is 59.7 Å². The van der Waals surface area contributed by atoms with E-state index in [1.807, 2.05) is 53.3 Å². The van der Waals surface area contributed by atoms with E-state index in [2.05, 4.69) is 4.72 Å². The lowest BCUT2D eigenvalue weighted by molar-refractivity contribution is 0.0674. The normalized spacial score (nSPS) is 15.3. The molecule has 1 unspecified atom stereocenters. The lowest BCUT2D eigenvalue weighted by Crippen LogP contribution is -2.41. The average Bonchev–Trinajstić information content (AvgIpc) is 3.40. The third-order valence-electron chi connectivity index (χ3n) is 5.63. The predicted octanol–water partition coefficient (Wildman–Crippen LogP) is 3.01. The van der Waals surface area contributed by atoms with Gasteiger partial charge < -0.3 is 23.7 Å². The highest BCUT2D eigenvalue weighted by molar-refractivity contribution is 7.88. The minimum absolute atomic E-state index is 0.0443. The smallest absolute Gasteiger partial charge is 0.421 e. The highest BCUT2D eigenvalue weighted by Crippen LogP contribution is 2.27. The van der Waals surface area contributed by atoms with E-state index in [0.29, 0.717) is 50.6 Å². The minimum Gasteiger partial charge on any atom is -0.491 e. The number of carbonyl (C=O) groups is 1. The summed E-state index contributed by atoms with van der Waals surface area (Å²) in [6.45, 7) is 2.30. The quantitative estimate of drug-likeness (QED) is 0.314. The van der Waals surface area contributed by atoms with Crippen LogP contribution in [0.25, 0.3) is 0 Å². The van der Waals surface area contributed by atoms with Gasteiger partial charge in [-0.05, 0) is 49.3 Å². The summed E-state index contributed by atoms with van der Waals surface area (Å²) < 4.78 is 55.8. The molecule has 1 atom stereocenters. The van der Waals surface area contributed by atoms with Crippen molar-refractivity contribution >= 4 is 16.3 Å². The third-order valence-corrected chi connectivity index (χ3v) is 6.65. The first-order chi connectivity index (χ1) is 17.9. The molecule has 204 valence electrons. The van der Waals surface area contributed by atoms with Gasteiger partial charge in [0.2, 0.25) is 0 Å². The first kappa shape index (κ1) is 28.7. The van der Waals surface area contributed by atoms with Gasteiger partial charge in [-0.25, -0.2) is 9.52 Å². The molecule has 1 aliphatic heterocycles. The molecule has 1 saturated heterocycles. The Bertz CT molecular complexity index is 1060. The van der Waals surface area contributed by atoms with Crippen LogP contribution < -0.4 is 18.9 Å². The van der Waals surface area contributed by atoms with Crippen LogP contribution in [0.4, 0.5) is 4.79 Å². The second-order valence-corrected chi connectivity index (χ2v) is 10.0. The standard InChI is InChI=1S/C26H36N2O8S/c1-32-17-18-34-23-12-11-22(25(19-23)36-20-24-10-6-15-33-24)9-5-16-35-26(29)28-37(30,31)27-14-13-21-7-3-2-4-8-21/h2-4,7-8,11-12,19,24,27H,5-6,9-10,13-18,20H2,1H3,(H,28,29). The van der Waals surface area contributed by atoms with Crippen LogP contribution in [0.3, 0.4) is 0 Å². The van der Waals surface area contributed by atoms with Crippen LogP contribution in [0.1, 0.15) is 30.4 Å². The van der Waals surface area contributed by atoms with Crippen molar-refractivity contribution in [1.29, 1.82) is 0 Å². The van der Waals surface area contributed by atoms with Crippen molar-refractivity contribution in [3.8, 4) is 11.5 Å². The summed E-state index contributed by atoms with van der Waals surface area (Å²) in [4.78, 5) is 12.0. The first-order valence-corrected chi connectivity index (χ1v) is 13.9. The Morgan fingerprint density at radius 2 is 1.89 bits per heavy atom. The maximum absolute atomic E-state index is 12.1. The Labute approximate surface area is 218 Å². The van der Waals surface area contributed by atoms with Gasteiger partial charge in [0.25, 0.3) is 0 Å². The average molecular weight is 537 g/mol. The molecule has 2 aromatic carbocycles. The summed E-state index contributed by atoms with van der Waals surface area (Å²) in [7, 11) is -2.39. The second-order valence-electron chi connectivity index (χ2n) is 8.53. The molecule has 2 N–H and O–H groups in total. The van der Waals surface area contributed by atoms with Crippen LogP contribution in [-0.2, 0) is 37.3 Å². The van der Waals surface area contributed by atoms with E-state index in [-0.39, 0.29) is 19.3 Å². The number of methoxy groups -OCH3 is 1. The van der Waals surface area contributed by atoms with Crippen LogP contribution in [0.15, 0.2) is 48.5 Å². The van der Waals surface area contributed by atoms with Crippen LogP contribution >= 0.6 is 0 Å². The highest BCUT2D eigenvalue weighted by atomic mass is 32.2. The molecule has 0 spiro atoms. The molecular formula is C26H36N2O8S. The van der Waals surface area contributed by atoms with E-state index in [1.165, 1.54) is 0 Å². The van der Waals surface area contributed by atoms with E-state index in [0.717, 1.165) is 30.6 Å². The van der Waals surface area contributed by atoms with Gasteiger partial charge in [-0.3, -0.25) is 0 Å². The van der Waals surface area contributed by atoms with E-state index < -0.39 is 16.3 Å². The van der Waals surface area contributed by atoms with Crippen molar-refractivity contribution in [1.82, 2.24) is 9.44 Å². The van der Waals surface area contributed by atoms with Gasteiger partial charge in [0.1, 0.15) is 24.7 Å². The molecule has 0 aliphatic carbocycles. The molecule has 0 bridgehead atoms. The number of hydrogen-bond acceptors (Lipinski definition) is 8. The molecule has 1 heterocycles. The number of aryl methyl sites for hydroxylation is 1. The lowest BCUT2D eigenvalue weighted by atomic mass is 10.1. The Kier molecular flexibility index (Phi) is 12.0. The molecule has 0 saturated carbocycles. The molecule has 0 radical (unpaired) electrons. The summed E-state index contributed by atoms with van der Waals surface area (Å²) in [5.41, 5.74) is 1.91. The largest absolute Gasteiger partial charge is 0.491 e. The van der Waals surface area contributed by atoms with Gasteiger partial charge in [-0.2, -0.15) is 13.1 Å². The Morgan fingerprint density at radius 1 is 1.05 bits per heavy atom. The number of ether oxygens (including phenoxy) is 5. The molecule has 0 aromatic heterocycles. The van der Waals surface area contributed by atoms with E-state index in [9.17, 15) is 13.2 Å². The molecule has 37 heavy (non-hydrogen) atoms. The van der Waals surface area contributed by atoms with Gasteiger partial charge in [0, 0.05) is 26.3 Å². The van der Waals surface area contributed by atoms with Gasteiger partial charge in [-0.1, -0.05) is 36.4 Å². The zero-order valence-corrected chi connectivity index (χ0v) is 22.0. The number of nitrogens with one attached hydrogen (secondary N) is 2. The zero-order valence-electron chi connectivity index (χ0n) is 21.1. The summed E-state index contributed by atoms with van der Waals surface area (Å²) >= 11 is 0. The van der Waals surface area contributed by atoms with Crippen molar-refractivity contribution in [2.45, 2.75) is 38.2 Å². The molecular weight excluding hydrogens is 500 g/mol. The van der Waals surface area contributed by atoms with E-state index in [4.69, 9.17) is 23.7 Å². The number of rotatable bonds is 16. The van der Waals surface area contributed by atoms with Crippen molar-refractivity contribution in [2.75, 3.05) is 46.7 Å². The summed E-state index contributed by atoms with van der Waals surface area (Å²) in [5, 5.41) is 0.